The highest BCUT2D eigenvalue weighted by molar-refractivity contribution is 7.87. The number of fused-ring (bicyclic) bond motifs is 1. The largest absolute Gasteiger partial charge is 0.534 e. The van der Waals surface area contributed by atoms with E-state index in [0.29, 0.717) is 5.56 Å². The van der Waals surface area contributed by atoms with Crippen LogP contribution < -0.4 is 9.47 Å². The van der Waals surface area contributed by atoms with E-state index >= 15 is 0 Å². The Bertz CT molecular complexity index is 1350. The van der Waals surface area contributed by atoms with Crippen LogP contribution in [0.25, 0.3) is 5.76 Å². The van der Waals surface area contributed by atoms with E-state index in [2.05, 4.69) is 4.18 Å². The molecule has 3 rings (SSSR count). The van der Waals surface area contributed by atoms with Crippen LogP contribution in [-0.4, -0.2) is 50.3 Å². The van der Waals surface area contributed by atoms with Gasteiger partial charge in [0, 0.05) is 12.6 Å². The molecule has 2 aromatic carbocycles. The third-order valence-corrected chi connectivity index (χ3v) is 6.86. The first kappa shape index (κ1) is 31.1. The van der Waals surface area contributed by atoms with Gasteiger partial charge in [-0.05, 0) is 70.4 Å². The van der Waals surface area contributed by atoms with Gasteiger partial charge in [-0.1, -0.05) is 18.2 Å². The van der Waals surface area contributed by atoms with Crippen molar-refractivity contribution in [2.24, 2.45) is 0 Å². The van der Waals surface area contributed by atoms with Gasteiger partial charge in [0.2, 0.25) is 0 Å². The second-order valence-electron chi connectivity index (χ2n) is 10.1. The molecule has 0 unspecified atom stereocenters. The number of carbonyl (C=O) groups is 1. The molecule has 40 heavy (non-hydrogen) atoms. The fourth-order valence-corrected chi connectivity index (χ4v) is 4.43. The second-order valence-corrected chi connectivity index (χ2v) is 11.6. The van der Waals surface area contributed by atoms with Crippen molar-refractivity contribution >= 4 is 22.0 Å². The lowest BCUT2D eigenvalue weighted by atomic mass is 10.0. The number of methoxy groups -OCH3 is 1. The molecule has 0 radical (unpaired) electrons. The van der Waals surface area contributed by atoms with E-state index in [-0.39, 0.29) is 36.4 Å². The van der Waals surface area contributed by atoms with Crippen molar-refractivity contribution in [3.05, 3.63) is 65.5 Å². The lowest BCUT2D eigenvalue weighted by molar-refractivity contribution is -0.0510. The highest BCUT2D eigenvalue weighted by atomic mass is 32.2. The van der Waals surface area contributed by atoms with Crippen molar-refractivity contribution in [1.29, 1.82) is 0 Å². The van der Waals surface area contributed by atoms with Crippen molar-refractivity contribution in [3.63, 3.8) is 0 Å². The zero-order valence-electron chi connectivity index (χ0n) is 22.6. The number of hydrogen-bond donors (Lipinski definition) is 0. The van der Waals surface area contributed by atoms with Crippen LogP contribution in [0.4, 0.5) is 22.4 Å². The molecule has 2 atom stereocenters. The van der Waals surface area contributed by atoms with Gasteiger partial charge < -0.3 is 23.3 Å². The average molecular weight is 590 g/mol. The molecular formula is C27H31F4NO7S. The number of rotatable bonds is 9. The Labute approximate surface area is 230 Å². The highest BCUT2D eigenvalue weighted by Gasteiger charge is 2.49. The molecule has 13 heteroatoms. The number of halogens is 4. The zero-order valence-corrected chi connectivity index (χ0v) is 23.4. The summed E-state index contributed by atoms with van der Waals surface area (Å²) in [5, 5.41) is 0. The number of carbonyl (C=O) groups excluding carboxylic acids is 1. The first-order valence-corrected chi connectivity index (χ1v) is 13.7. The summed E-state index contributed by atoms with van der Waals surface area (Å²) in [6, 6.07) is 9.61. The molecule has 0 bridgehead atoms. The van der Waals surface area contributed by atoms with Crippen molar-refractivity contribution in [3.8, 4) is 11.5 Å². The topological polar surface area (TPSA) is 91.4 Å². The zero-order chi connectivity index (χ0) is 29.9. The number of amides is 1. The van der Waals surface area contributed by atoms with E-state index in [1.165, 1.54) is 48.4 Å². The SMILES string of the molecule is COc1cc([C@@H](C)N(CCC[C@H]2C=C(OS(=O)(=O)C(F)(F)F)c3ccccc3O2)C(=O)OC(C)(C)C)ccc1F. The van der Waals surface area contributed by atoms with E-state index < -0.39 is 51.0 Å². The molecule has 0 aromatic heterocycles. The molecule has 0 saturated heterocycles. The van der Waals surface area contributed by atoms with E-state index in [4.69, 9.17) is 14.2 Å². The minimum atomic E-state index is -5.91. The molecular weight excluding hydrogens is 558 g/mol. The summed E-state index contributed by atoms with van der Waals surface area (Å²) in [5.41, 5.74) is -5.77. The molecule has 0 spiro atoms. The van der Waals surface area contributed by atoms with Crippen LogP contribution in [0.2, 0.25) is 0 Å². The van der Waals surface area contributed by atoms with Gasteiger partial charge in [0.25, 0.3) is 0 Å². The monoisotopic (exact) mass is 589 g/mol. The summed E-state index contributed by atoms with van der Waals surface area (Å²) < 4.78 is 97.2. The lowest BCUT2D eigenvalue weighted by Gasteiger charge is -2.33. The molecule has 0 aliphatic carbocycles. The third kappa shape index (κ3) is 7.58. The van der Waals surface area contributed by atoms with Gasteiger partial charge in [-0.25, -0.2) is 9.18 Å². The van der Waals surface area contributed by atoms with Crippen molar-refractivity contribution in [1.82, 2.24) is 4.90 Å². The van der Waals surface area contributed by atoms with E-state index in [1.54, 1.807) is 33.8 Å². The Balaban J connectivity index is 1.81. The number of nitrogens with zero attached hydrogens (tertiary/aromatic N) is 1. The number of para-hydroxylation sites is 1. The third-order valence-electron chi connectivity index (χ3n) is 5.89. The predicted molar refractivity (Wildman–Crippen MR) is 138 cm³/mol. The van der Waals surface area contributed by atoms with E-state index in [1.807, 2.05) is 0 Å². The smallest absolute Gasteiger partial charge is 0.494 e. The van der Waals surface area contributed by atoms with E-state index in [9.17, 15) is 30.8 Å². The summed E-state index contributed by atoms with van der Waals surface area (Å²) in [6.07, 6.45) is 0.151. The minimum absolute atomic E-state index is 0.00855. The molecule has 0 saturated carbocycles. The van der Waals surface area contributed by atoms with Crippen LogP contribution in [0, 0.1) is 5.82 Å². The van der Waals surface area contributed by atoms with E-state index in [0.717, 1.165) is 6.08 Å². The molecule has 1 aliphatic rings. The quantitative estimate of drug-likeness (QED) is 0.185. The van der Waals surface area contributed by atoms with Crippen LogP contribution in [0.1, 0.15) is 57.7 Å². The number of ether oxygens (including phenoxy) is 3. The van der Waals surface area contributed by atoms with Gasteiger partial charge >= 0.3 is 21.7 Å². The molecule has 0 fully saturated rings. The Morgan fingerprint density at radius 1 is 1.12 bits per heavy atom. The number of benzene rings is 2. The standard InChI is InChI=1S/C27H31F4NO7S/c1-17(18-12-13-21(28)24(15-18)36-5)32(25(33)38-26(2,3)4)14-8-9-19-16-23(39-40(34,35)27(29,30)31)20-10-6-7-11-22(20)37-19/h6-7,10-13,15-17,19H,8-9,14H2,1-5H3/t17-,19+/m1/s1. The van der Waals surface area contributed by atoms with Crippen LogP contribution in [-0.2, 0) is 19.0 Å². The summed E-state index contributed by atoms with van der Waals surface area (Å²) in [5.74, 6) is -0.901. The number of alkyl halides is 3. The average Bonchev–Trinajstić information content (AvgIpc) is 2.84. The minimum Gasteiger partial charge on any atom is -0.494 e. The molecule has 0 N–H and O–H groups in total. The summed E-state index contributed by atoms with van der Waals surface area (Å²) in [6.45, 7) is 7.00. The highest BCUT2D eigenvalue weighted by Crippen LogP contribution is 2.37. The van der Waals surface area contributed by atoms with Gasteiger partial charge in [-0.15, -0.1) is 0 Å². The first-order valence-electron chi connectivity index (χ1n) is 12.3. The second kappa shape index (κ2) is 11.9. The fourth-order valence-electron chi connectivity index (χ4n) is 3.95. The Morgan fingerprint density at radius 3 is 2.42 bits per heavy atom. The number of hydrogen-bond acceptors (Lipinski definition) is 7. The first-order chi connectivity index (χ1) is 18.5. The lowest BCUT2D eigenvalue weighted by Crippen LogP contribution is -2.39. The van der Waals surface area contributed by atoms with Gasteiger partial charge in [0.05, 0.1) is 18.7 Å². The molecule has 220 valence electrons. The van der Waals surface area contributed by atoms with Gasteiger partial charge in [0.1, 0.15) is 17.5 Å². The van der Waals surface area contributed by atoms with Crippen molar-refractivity contribution < 1.29 is 49.2 Å². The fraction of sp³-hybridized carbons (Fsp3) is 0.444. The van der Waals surface area contributed by atoms with Crippen molar-refractivity contribution in [2.75, 3.05) is 13.7 Å². The van der Waals surface area contributed by atoms with Crippen LogP contribution >= 0.6 is 0 Å². The molecule has 8 nitrogen and oxygen atoms in total. The molecule has 1 heterocycles. The predicted octanol–water partition coefficient (Wildman–Crippen LogP) is 6.58. The Kier molecular flexibility index (Phi) is 9.28. The van der Waals surface area contributed by atoms with Gasteiger partial charge in [0.15, 0.2) is 17.3 Å². The van der Waals surface area contributed by atoms with Gasteiger partial charge in [-0.2, -0.15) is 21.6 Å². The summed E-state index contributed by atoms with van der Waals surface area (Å²) >= 11 is 0. The maximum Gasteiger partial charge on any atom is 0.534 e. The molecule has 1 aliphatic heterocycles. The maximum absolute atomic E-state index is 14.0. The maximum atomic E-state index is 14.0. The van der Waals surface area contributed by atoms with Crippen LogP contribution in [0.15, 0.2) is 48.5 Å². The molecule has 2 aromatic rings. The Hall–Kier alpha value is -3.48. The molecule has 1 amide bonds. The normalized spacial score (nSPS) is 16.2. The van der Waals surface area contributed by atoms with Crippen molar-refractivity contribution in [2.45, 2.75) is 63.8 Å². The summed E-state index contributed by atoms with van der Waals surface area (Å²) in [7, 11) is -4.58. The Morgan fingerprint density at radius 2 is 1.80 bits per heavy atom. The van der Waals surface area contributed by atoms with Gasteiger partial charge in [-0.3, -0.25) is 0 Å². The van der Waals surface area contributed by atoms with Crippen LogP contribution in [0.3, 0.4) is 0 Å². The van der Waals surface area contributed by atoms with Crippen LogP contribution in [0.5, 0.6) is 11.5 Å². The summed E-state index contributed by atoms with van der Waals surface area (Å²) in [4.78, 5) is 14.5.